The van der Waals surface area contributed by atoms with Crippen molar-refractivity contribution in [3.05, 3.63) is 71.1 Å². The second kappa shape index (κ2) is 14.7. The minimum Gasteiger partial charge on any atom is -0.456 e. The van der Waals surface area contributed by atoms with Gasteiger partial charge in [0.05, 0.1) is 6.04 Å². The molecule has 5 rings (SSSR count). The zero-order chi connectivity index (χ0) is 27.5. The second-order valence-corrected chi connectivity index (χ2v) is 11.3. The number of hydrogen-bond donors (Lipinski definition) is 1. The summed E-state index contributed by atoms with van der Waals surface area (Å²) in [5, 5.41) is 0. The van der Waals surface area contributed by atoms with Gasteiger partial charge in [-0.05, 0) is 108 Å². The molecule has 1 saturated heterocycles. The number of esters is 1. The quantitative estimate of drug-likeness (QED) is 0.321. The minimum absolute atomic E-state index is 0.134. The number of fused-ring (bicyclic) bond motifs is 4. The first-order chi connectivity index (χ1) is 18.4. The fourth-order valence-electron chi connectivity index (χ4n) is 6.57. The summed E-state index contributed by atoms with van der Waals surface area (Å²) < 4.78 is 6.17. The van der Waals surface area contributed by atoms with Crippen LogP contribution in [0.4, 0.5) is 0 Å². The van der Waals surface area contributed by atoms with Gasteiger partial charge in [-0.15, -0.1) is 0 Å². The van der Waals surface area contributed by atoms with Crippen molar-refractivity contribution in [1.29, 1.82) is 0 Å². The number of ether oxygens (including phenoxy) is 1. The number of carbonyl (C=O) groups is 1. The molecule has 2 aliphatic carbocycles. The smallest absolute Gasteiger partial charge is 0.334 e. The molecule has 1 aromatic rings. The summed E-state index contributed by atoms with van der Waals surface area (Å²) >= 11 is 0. The van der Waals surface area contributed by atoms with Crippen LogP contribution in [0.1, 0.15) is 109 Å². The summed E-state index contributed by atoms with van der Waals surface area (Å²) in [6.45, 7) is 15.0. The van der Waals surface area contributed by atoms with E-state index in [2.05, 4.69) is 49.0 Å². The number of aryl methyl sites for hydroxylation is 1. The van der Waals surface area contributed by atoms with Crippen molar-refractivity contribution in [1.82, 2.24) is 9.88 Å². The molecule has 2 fully saturated rings. The Morgan fingerprint density at radius 2 is 1.89 bits per heavy atom. The number of H-pyrrole nitrogens is 1. The van der Waals surface area contributed by atoms with E-state index in [1.165, 1.54) is 50.0 Å². The van der Waals surface area contributed by atoms with Crippen molar-refractivity contribution in [2.45, 2.75) is 111 Å². The third-order valence-corrected chi connectivity index (χ3v) is 8.80. The van der Waals surface area contributed by atoms with Gasteiger partial charge in [-0.2, -0.15) is 0 Å². The van der Waals surface area contributed by atoms with Gasteiger partial charge in [-0.1, -0.05) is 63.3 Å². The first-order valence-corrected chi connectivity index (χ1v) is 15.2. The number of nitrogens with zero attached hydrogens (tertiary/aromatic N) is 1. The predicted molar refractivity (Wildman–Crippen MR) is 160 cm³/mol. The molecule has 38 heavy (non-hydrogen) atoms. The molecular formula is C34H52N2O2. The molecule has 0 bridgehead atoms. The third-order valence-electron chi connectivity index (χ3n) is 8.80. The van der Waals surface area contributed by atoms with Gasteiger partial charge in [0.25, 0.3) is 0 Å². The fraction of sp³-hybridized carbons (Fsp3) is 0.618. The molecule has 4 atom stereocenters. The minimum atomic E-state index is -0.343. The normalized spacial score (nSPS) is 28.6. The van der Waals surface area contributed by atoms with Gasteiger partial charge in [0, 0.05) is 24.0 Å². The van der Waals surface area contributed by atoms with E-state index in [1.54, 1.807) is 5.56 Å². The summed E-state index contributed by atoms with van der Waals surface area (Å²) in [7, 11) is 0. The molecule has 4 aliphatic rings. The maximum absolute atomic E-state index is 12.9. The Bertz CT molecular complexity index is 1010. The van der Waals surface area contributed by atoms with E-state index >= 15 is 0 Å². The largest absolute Gasteiger partial charge is 0.456 e. The van der Waals surface area contributed by atoms with Crippen LogP contribution in [0.15, 0.2) is 54.3 Å². The lowest BCUT2D eigenvalue weighted by Crippen LogP contribution is -2.36. The van der Waals surface area contributed by atoms with E-state index in [9.17, 15) is 4.79 Å². The highest BCUT2D eigenvalue weighted by Crippen LogP contribution is 2.46. The molecule has 2 aliphatic heterocycles. The monoisotopic (exact) mass is 520 g/mol. The highest BCUT2D eigenvalue weighted by atomic mass is 16.6. The summed E-state index contributed by atoms with van der Waals surface area (Å²) in [5.74, 6) is 1.33. The number of nitrogens with one attached hydrogen (secondary N) is 1. The molecule has 1 saturated carbocycles. The van der Waals surface area contributed by atoms with Gasteiger partial charge in [-0.3, -0.25) is 4.90 Å². The lowest BCUT2D eigenvalue weighted by molar-refractivity contribution is -0.154. The summed E-state index contributed by atoms with van der Waals surface area (Å²) in [6.07, 6.45) is 26.0. The standard InChI is InChI=1S/C27H36N2O2.C5H10.C2H6/c1-19-18-28-25-23(19)12-16-29-15-11-20-9-13-27(2,14-10-22(20)17-24(25)29)31-26(30)21-7-5-3-4-6-8-21;1-3-5-4-2;1-2/h3-7,18,20,22,24,28H,8-17H2,1-2H3;3,5H,4H2,1-2H3;1-2H3/b;5-3-;. The van der Waals surface area contributed by atoms with Crippen LogP contribution in [0.2, 0.25) is 0 Å². The number of aromatic nitrogens is 1. The summed E-state index contributed by atoms with van der Waals surface area (Å²) in [6, 6.07) is 0.536. The Hall–Kier alpha value is -2.33. The third kappa shape index (κ3) is 7.62. The molecule has 0 amide bonds. The van der Waals surface area contributed by atoms with Crippen LogP contribution in [-0.4, -0.2) is 34.5 Å². The van der Waals surface area contributed by atoms with Gasteiger partial charge >= 0.3 is 5.97 Å². The van der Waals surface area contributed by atoms with E-state index in [4.69, 9.17) is 4.74 Å². The van der Waals surface area contributed by atoms with Crippen molar-refractivity contribution in [2.75, 3.05) is 13.1 Å². The number of rotatable bonds is 3. The van der Waals surface area contributed by atoms with Crippen LogP contribution >= 0.6 is 0 Å². The van der Waals surface area contributed by atoms with Crippen LogP contribution in [0.25, 0.3) is 0 Å². The van der Waals surface area contributed by atoms with Crippen molar-refractivity contribution < 1.29 is 9.53 Å². The molecule has 4 unspecified atom stereocenters. The fourth-order valence-corrected chi connectivity index (χ4v) is 6.57. The average Bonchev–Trinajstić information content (AvgIpc) is 3.13. The molecule has 210 valence electrons. The van der Waals surface area contributed by atoms with Crippen LogP contribution in [0, 0.1) is 18.8 Å². The highest BCUT2D eigenvalue weighted by molar-refractivity contribution is 5.89. The van der Waals surface area contributed by atoms with Crippen molar-refractivity contribution in [3.8, 4) is 0 Å². The first-order valence-electron chi connectivity index (χ1n) is 15.2. The van der Waals surface area contributed by atoms with Gasteiger partial charge in [0.15, 0.2) is 0 Å². The van der Waals surface area contributed by atoms with Gasteiger partial charge in [0.2, 0.25) is 0 Å². The molecule has 1 N–H and O–H groups in total. The van der Waals surface area contributed by atoms with Crippen molar-refractivity contribution >= 4 is 5.97 Å². The number of allylic oxidation sites excluding steroid dienone is 7. The molecule has 3 heterocycles. The van der Waals surface area contributed by atoms with E-state index in [-0.39, 0.29) is 11.6 Å². The average molecular weight is 521 g/mol. The van der Waals surface area contributed by atoms with Crippen LogP contribution in [-0.2, 0) is 16.0 Å². The Labute approximate surface area is 232 Å². The van der Waals surface area contributed by atoms with Gasteiger partial charge < -0.3 is 9.72 Å². The highest BCUT2D eigenvalue weighted by Gasteiger charge is 2.41. The van der Waals surface area contributed by atoms with Crippen molar-refractivity contribution in [2.24, 2.45) is 11.8 Å². The molecule has 0 spiro atoms. The SMILES string of the molecule is C/C=C\CC.CC.Cc1c[nH]c2c1CCN1CCC3CCC(C)(OC(=O)C4=CC=CC=CC4)CCC3CC21. The topological polar surface area (TPSA) is 45.3 Å². The molecule has 4 heteroatoms. The molecular weight excluding hydrogens is 468 g/mol. The number of aromatic amines is 1. The summed E-state index contributed by atoms with van der Waals surface area (Å²) in [4.78, 5) is 19.2. The second-order valence-electron chi connectivity index (χ2n) is 11.3. The molecule has 0 aromatic carbocycles. The molecule has 1 aromatic heterocycles. The van der Waals surface area contributed by atoms with Crippen molar-refractivity contribution in [3.63, 3.8) is 0 Å². The van der Waals surface area contributed by atoms with Gasteiger partial charge in [0.1, 0.15) is 5.60 Å². The number of hydrogen-bond acceptors (Lipinski definition) is 3. The predicted octanol–water partition coefficient (Wildman–Crippen LogP) is 8.57. The van der Waals surface area contributed by atoms with Gasteiger partial charge in [-0.25, -0.2) is 4.79 Å². The maximum Gasteiger partial charge on any atom is 0.334 e. The lowest BCUT2D eigenvalue weighted by atomic mass is 9.81. The Balaban J connectivity index is 0.000000515. The first kappa shape index (κ1) is 30.2. The van der Waals surface area contributed by atoms with E-state index in [1.807, 2.05) is 51.2 Å². The summed E-state index contributed by atoms with van der Waals surface area (Å²) in [5.41, 5.74) is 4.88. The van der Waals surface area contributed by atoms with Crippen LogP contribution in [0.3, 0.4) is 0 Å². The van der Waals surface area contributed by atoms with Crippen LogP contribution in [0.5, 0.6) is 0 Å². The maximum atomic E-state index is 12.9. The molecule has 0 radical (unpaired) electrons. The zero-order valence-corrected chi connectivity index (χ0v) is 24.9. The van der Waals surface area contributed by atoms with E-state index < -0.39 is 0 Å². The lowest BCUT2D eigenvalue weighted by Gasteiger charge is -2.35. The Kier molecular flexibility index (Phi) is 11.7. The Morgan fingerprint density at radius 1 is 1.13 bits per heavy atom. The van der Waals surface area contributed by atoms with E-state index in [0.717, 1.165) is 37.2 Å². The van der Waals surface area contributed by atoms with Crippen LogP contribution < -0.4 is 0 Å². The number of carbonyl (C=O) groups excluding carboxylic acids is 1. The molecule has 4 nitrogen and oxygen atoms in total. The Morgan fingerprint density at radius 3 is 2.61 bits per heavy atom. The zero-order valence-electron chi connectivity index (χ0n) is 24.9. The van der Waals surface area contributed by atoms with E-state index in [0.29, 0.717) is 18.4 Å².